The molecule has 4 nitrogen and oxygen atoms in total. The number of carbonyl (C=O) groups excluding carboxylic acids is 1. The fourth-order valence-corrected chi connectivity index (χ4v) is 3.41. The summed E-state index contributed by atoms with van der Waals surface area (Å²) in [6, 6.07) is 16.7. The van der Waals surface area contributed by atoms with Crippen LogP contribution in [0.15, 0.2) is 59.0 Å². The van der Waals surface area contributed by atoms with E-state index >= 15 is 0 Å². The molecule has 3 aromatic carbocycles. The molecule has 29 heavy (non-hydrogen) atoms. The minimum absolute atomic E-state index is 0.253. The number of benzene rings is 3. The zero-order valence-electron chi connectivity index (χ0n) is 15.9. The molecule has 0 bridgehead atoms. The molecular weight excluding hydrogens is 407 g/mol. The second kappa shape index (κ2) is 7.90. The second-order valence-electron chi connectivity index (χ2n) is 6.90. The summed E-state index contributed by atoms with van der Waals surface area (Å²) in [5, 5.41) is 3.46. The summed E-state index contributed by atoms with van der Waals surface area (Å²) >= 11 is 12.1. The fourth-order valence-electron chi connectivity index (χ4n) is 3.03. The maximum absolute atomic E-state index is 12.4. The SMILES string of the molecule is Cc1cc2nc(-c3ccc(CNC(=O)c4cccc(Cl)c4Cl)cc3)oc2cc1C. The molecule has 1 N–H and O–H groups in total. The summed E-state index contributed by atoms with van der Waals surface area (Å²) in [6.07, 6.45) is 0. The van der Waals surface area contributed by atoms with E-state index in [0.29, 0.717) is 23.0 Å². The Morgan fingerprint density at radius 3 is 2.52 bits per heavy atom. The van der Waals surface area contributed by atoms with Crippen molar-refractivity contribution in [3.8, 4) is 11.5 Å². The van der Waals surface area contributed by atoms with Gasteiger partial charge in [0.25, 0.3) is 5.91 Å². The van der Waals surface area contributed by atoms with Crippen LogP contribution in [0.2, 0.25) is 10.0 Å². The molecule has 6 heteroatoms. The van der Waals surface area contributed by atoms with Crippen molar-refractivity contribution in [3.05, 3.63) is 86.9 Å². The maximum Gasteiger partial charge on any atom is 0.253 e. The molecule has 0 radical (unpaired) electrons. The maximum atomic E-state index is 12.4. The monoisotopic (exact) mass is 424 g/mol. The number of hydrogen-bond acceptors (Lipinski definition) is 3. The van der Waals surface area contributed by atoms with Crippen molar-refractivity contribution >= 4 is 40.2 Å². The number of nitrogens with zero attached hydrogens (tertiary/aromatic N) is 1. The van der Waals surface area contributed by atoms with Crippen LogP contribution < -0.4 is 5.32 Å². The number of halogens is 2. The van der Waals surface area contributed by atoms with Crippen molar-refractivity contribution in [1.82, 2.24) is 10.3 Å². The first kappa shape index (κ1) is 19.5. The van der Waals surface area contributed by atoms with E-state index in [2.05, 4.69) is 24.1 Å². The number of fused-ring (bicyclic) bond motifs is 1. The van der Waals surface area contributed by atoms with Crippen LogP contribution in [0.5, 0.6) is 0 Å². The van der Waals surface area contributed by atoms with Crippen LogP contribution in [0.4, 0.5) is 0 Å². The Hall–Kier alpha value is -2.82. The van der Waals surface area contributed by atoms with Crippen molar-refractivity contribution in [2.24, 2.45) is 0 Å². The number of rotatable bonds is 4. The topological polar surface area (TPSA) is 55.1 Å². The van der Waals surface area contributed by atoms with E-state index in [4.69, 9.17) is 27.6 Å². The second-order valence-corrected chi connectivity index (χ2v) is 7.69. The number of hydrogen-bond donors (Lipinski definition) is 1. The minimum atomic E-state index is -0.272. The zero-order valence-corrected chi connectivity index (χ0v) is 17.4. The van der Waals surface area contributed by atoms with Crippen molar-refractivity contribution in [1.29, 1.82) is 0 Å². The highest BCUT2D eigenvalue weighted by atomic mass is 35.5. The van der Waals surface area contributed by atoms with Gasteiger partial charge in [0, 0.05) is 12.1 Å². The van der Waals surface area contributed by atoms with Gasteiger partial charge in [-0.2, -0.15) is 0 Å². The molecular formula is C23H18Cl2N2O2. The van der Waals surface area contributed by atoms with E-state index < -0.39 is 0 Å². The van der Waals surface area contributed by atoms with Gasteiger partial charge in [-0.25, -0.2) is 4.98 Å². The van der Waals surface area contributed by atoms with E-state index in [0.717, 1.165) is 22.2 Å². The molecule has 0 atom stereocenters. The summed E-state index contributed by atoms with van der Waals surface area (Å²) in [6.45, 7) is 4.48. The number of oxazole rings is 1. The van der Waals surface area contributed by atoms with Gasteiger partial charge in [0.05, 0.1) is 15.6 Å². The third kappa shape index (κ3) is 4.00. The Bertz CT molecular complexity index is 1170. The van der Waals surface area contributed by atoms with Crippen LogP contribution in [0.3, 0.4) is 0 Å². The molecule has 1 aromatic heterocycles. The number of nitrogens with one attached hydrogen (secondary N) is 1. The quantitative estimate of drug-likeness (QED) is 0.415. The van der Waals surface area contributed by atoms with Crippen LogP contribution in [0, 0.1) is 13.8 Å². The molecule has 0 spiro atoms. The molecule has 4 rings (SSSR count). The van der Waals surface area contributed by atoms with Crippen LogP contribution in [-0.4, -0.2) is 10.9 Å². The summed E-state index contributed by atoms with van der Waals surface area (Å²) < 4.78 is 5.90. The lowest BCUT2D eigenvalue weighted by Crippen LogP contribution is -2.23. The standard InChI is InChI=1S/C23H18Cl2N2O2/c1-13-10-19-20(11-14(13)2)29-23(27-19)16-8-6-15(7-9-16)12-26-22(28)17-4-3-5-18(24)21(17)25/h3-11H,12H2,1-2H3,(H,26,28). The van der Waals surface area contributed by atoms with Gasteiger partial charge in [-0.15, -0.1) is 0 Å². The lowest BCUT2D eigenvalue weighted by Gasteiger charge is -2.08. The number of amides is 1. The first-order valence-electron chi connectivity index (χ1n) is 9.11. The predicted molar refractivity (Wildman–Crippen MR) is 117 cm³/mol. The Labute approximate surface area is 178 Å². The molecule has 1 amide bonds. The molecule has 0 fully saturated rings. The Morgan fingerprint density at radius 1 is 1.03 bits per heavy atom. The van der Waals surface area contributed by atoms with Gasteiger partial charge in [-0.1, -0.05) is 41.4 Å². The van der Waals surface area contributed by atoms with Crippen LogP contribution in [0.25, 0.3) is 22.6 Å². The summed E-state index contributed by atoms with van der Waals surface area (Å²) in [4.78, 5) is 16.9. The molecule has 1 heterocycles. The van der Waals surface area contributed by atoms with E-state index in [9.17, 15) is 4.79 Å². The van der Waals surface area contributed by atoms with E-state index in [1.54, 1.807) is 18.2 Å². The zero-order chi connectivity index (χ0) is 20.5. The van der Waals surface area contributed by atoms with Crippen LogP contribution >= 0.6 is 23.2 Å². The van der Waals surface area contributed by atoms with E-state index in [-0.39, 0.29) is 10.9 Å². The highest BCUT2D eigenvalue weighted by Crippen LogP contribution is 2.27. The smallest absolute Gasteiger partial charge is 0.253 e. The lowest BCUT2D eigenvalue weighted by atomic mass is 10.1. The Kier molecular flexibility index (Phi) is 5.31. The van der Waals surface area contributed by atoms with Crippen molar-refractivity contribution < 1.29 is 9.21 Å². The van der Waals surface area contributed by atoms with Crippen LogP contribution in [-0.2, 0) is 6.54 Å². The van der Waals surface area contributed by atoms with Gasteiger partial charge in [0.1, 0.15) is 5.52 Å². The van der Waals surface area contributed by atoms with Gasteiger partial charge in [0.15, 0.2) is 5.58 Å². The highest BCUT2D eigenvalue weighted by molar-refractivity contribution is 6.43. The number of carbonyl (C=O) groups is 1. The van der Waals surface area contributed by atoms with E-state index in [1.165, 1.54) is 11.1 Å². The summed E-state index contributed by atoms with van der Waals surface area (Å²) in [5.41, 5.74) is 6.16. The highest BCUT2D eigenvalue weighted by Gasteiger charge is 2.13. The van der Waals surface area contributed by atoms with Gasteiger partial charge >= 0.3 is 0 Å². The molecule has 0 saturated heterocycles. The summed E-state index contributed by atoms with van der Waals surface area (Å²) in [5.74, 6) is 0.303. The number of aryl methyl sites for hydroxylation is 2. The Morgan fingerprint density at radius 2 is 1.76 bits per heavy atom. The minimum Gasteiger partial charge on any atom is -0.436 e. The van der Waals surface area contributed by atoms with Gasteiger partial charge in [-0.05, 0) is 66.9 Å². The van der Waals surface area contributed by atoms with Crippen LogP contribution in [0.1, 0.15) is 27.0 Å². The first-order valence-corrected chi connectivity index (χ1v) is 9.87. The third-order valence-corrected chi connectivity index (χ3v) is 5.67. The normalized spacial score (nSPS) is 11.0. The fraction of sp³-hybridized carbons (Fsp3) is 0.130. The van der Waals surface area contributed by atoms with Gasteiger partial charge < -0.3 is 9.73 Å². The lowest BCUT2D eigenvalue weighted by molar-refractivity contribution is 0.0951. The molecule has 0 unspecified atom stereocenters. The molecule has 4 aromatic rings. The predicted octanol–water partition coefficient (Wildman–Crippen LogP) is 6.35. The average molecular weight is 425 g/mol. The molecule has 0 saturated carbocycles. The Balaban J connectivity index is 1.48. The third-order valence-electron chi connectivity index (χ3n) is 4.85. The first-order chi connectivity index (χ1) is 13.9. The molecule has 0 aliphatic rings. The van der Waals surface area contributed by atoms with Crippen molar-refractivity contribution in [2.45, 2.75) is 20.4 Å². The number of aromatic nitrogens is 1. The van der Waals surface area contributed by atoms with Crippen molar-refractivity contribution in [2.75, 3.05) is 0 Å². The largest absolute Gasteiger partial charge is 0.436 e. The summed E-state index contributed by atoms with van der Waals surface area (Å²) in [7, 11) is 0. The molecule has 146 valence electrons. The molecule has 0 aliphatic carbocycles. The van der Waals surface area contributed by atoms with E-state index in [1.807, 2.05) is 36.4 Å². The molecule has 0 aliphatic heterocycles. The van der Waals surface area contributed by atoms with Gasteiger partial charge in [0.2, 0.25) is 5.89 Å². The van der Waals surface area contributed by atoms with Gasteiger partial charge in [-0.3, -0.25) is 4.79 Å². The average Bonchev–Trinajstić information content (AvgIpc) is 3.11. The van der Waals surface area contributed by atoms with Crippen molar-refractivity contribution in [3.63, 3.8) is 0 Å².